The molecular formula is C17H27BrN2O2. The number of carbonyl (C=O) groups is 1. The van der Waals surface area contributed by atoms with Gasteiger partial charge in [0.05, 0.1) is 5.54 Å². The molecule has 0 aliphatic rings. The molecule has 1 aromatic rings. The Hall–Kier alpha value is -1.07. The van der Waals surface area contributed by atoms with Crippen molar-refractivity contribution < 1.29 is 9.53 Å². The van der Waals surface area contributed by atoms with Crippen LogP contribution >= 0.6 is 15.9 Å². The lowest BCUT2D eigenvalue weighted by atomic mass is 10.1. The molecule has 2 N–H and O–H groups in total. The third kappa shape index (κ3) is 7.27. The maximum atomic E-state index is 11.8. The summed E-state index contributed by atoms with van der Waals surface area (Å²) in [5, 5.41) is 6.25. The zero-order valence-electron chi connectivity index (χ0n) is 14.3. The maximum Gasteiger partial charge on any atom is 0.408 e. The van der Waals surface area contributed by atoms with Gasteiger partial charge < -0.3 is 15.4 Å². The van der Waals surface area contributed by atoms with Gasteiger partial charge in [-0.1, -0.05) is 28.1 Å². The lowest BCUT2D eigenvalue weighted by Gasteiger charge is -2.29. The third-order valence-corrected chi connectivity index (χ3v) is 3.83. The first kappa shape index (κ1) is 19.0. The van der Waals surface area contributed by atoms with Crippen LogP contribution in [0.4, 0.5) is 4.79 Å². The van der Waals surface area contributed by atoms with Crippen LogP contribution < -0.4 is 10.6 Å². The maximum absolute atomic E-state index is 11.8. The number of hydrogen-bond acceptors (Lipinski definition) is 3. The van der Waals surface area contributed by atoms with Crippen LogP contribution in [-0.2, 0) is 11.3 Å². The van der Waals surface area contributed by atoms with Crippen molar-refractivity contribution in [2.75, 3.05) is 6.54 Å². The van der Waals surface area contributed by atoms with Crippen molar-refractivity contribution in [3.8, 4) is 0 Å². The highest BCUT2D eigenvalue weighted by atomic mass is 79.9. The topological polar surface area (TPSA) is 50.4 Å². The zero-order valence-corrected chi connectivity index (χ0v) is 15.9. The average molecular weight is 371 g/mol. The van der Waals surface area contributed by atoms with Crippen LogP contribution in [0.2, 0.25) is 0 Å². The van der Waals surface area contributed by atoms with E-state index < -0.39 is 11.7 Å². The Bertz CT molecular complexity index is 522. The van der Waals surface area contributed by atoms with Gasteiger partial charge in [-0.05, 0) is 58.7 Å². The highest BCUT2D eigenvalue weighted by molar-refractivity contribution is 9.10. The molecule has 22 heavy (non-hydrogen) atoms. The molecule has 1 rings (SSSR count). The lowest BCUT2D eigenvalue weighted by Crippen LogP contribution is -2.51. The van der Waals surface area contributed by atoms with E-state index in [9.17, 15) is 4.79 Å². The van der Waals surface area contributed by atoms with E-state index in [-0.39, 0.29) is 5.54 Å². The molecule has 0 aliphatic carbocycles. The standard InChI is InChI=1S/C17H27BrN2O2/c1-12-7-8-13(9-14(12)18)10-19-11-17(5,6)20-15(21)22-16(2,3)4/h7-9,19H,10-11H2,1-6H3,(H,20,21). The SMILES string of the molecule is Cc1ccc(CNCC(C)(C)NC(=O)OC(C)(C)C)cc1Br. The summed E-state index contributed by atoms with van der Waals surface area (Å²) in [4.78, 5) is 11.8. The first-order chi connectivity index (χ1) is 9.98. The highest BCUT2D eigenvalue weighted by Gasteiger charge is 2.24. The fourth-order valence-corrected chi connectivity index (χ4v) is 2.32. The highest BCUT2D eigenvalue weighted by Crippen LogP contribution is 2.17. The molecule has 0 saturated heterocycles. The van der Waals surface area contributed by atoms with Crippen LogP contribution in [0.3, 0.4) is 0 Å². The van der Waals surface area contributed by atoms with Crippen molar-refractivity contribution in [2.45, 2.75) is 59.2 Å². The van der Waals surface area contributed by atoms with Gasteiger partial charge in [-0.2, -0.15) is 0 Å². The Balaban J connectivity index is 2.45. The molecule has 0 aromatic heterocycles. The number of halogens is 1. The molecule has 1 amide bonds. The molecule has 0 saturated carbocycles. The van der Waals surface area contributed by atoms with Gasteiger partial charge in [0.1, 0.15) is 5.60 Å². The van der Waals surface area contributed by atoms with Crippen molar-refractivity contribution in [1.29, 1.82) is 0 Å². The van der Waals surface area contributed by atoms with Crippen molar-refractivity contribution in [1.82, 2.24) is 10.6 Å². The molecule has 4 nitrogen and oxygen atoms in total. The molecule has 1 aromatic carbocycles. The second-order valence-electron chi connectivity index (χ2n) is 7.20. The monoisotopic (exact) mass is 370 g/mol. The number of hydrogen-bond donors (Lipinski definition) is 2. The van der Waals surface area contributed by atoms with Crippen LogP contribution in [0.15, 0.2) is 22.7 Å². The zero-order chi connectivity index (χ0) is 17.0. The van der Waals surface area contributed by atoms with E-state index in [2.05, 4.69) is 51.7 Å². The van der Waals surface area contributed by atoms with Crippen LogP contribution in [-0.4, -0.2) is 23.8 Å². The number of alkyl carbamates (subject to hydrolysis) is 1. The van der Waals surface area contributed by atoms with Crippen molar-refractivity contribution in [3.63, 3.8) is 0 Å². The van der Waals surface area contributed by atoms with E-state index in [4.69, 9.17) is 4.74 Å². The molecule has 0 bridgehead atoms. The van der Waals surface area contributed by atoms with Crippen LogP contribution in [0.5, 0.6) is 0 Å². The summed E-state index contributed by atoms with van der Waals surface area (Å²) in [7, 11) is 0. The molecule has 0 heterocycles. The summed E-state index contributed by atoms with van der Waals surface area (Å²) in [5.74, 6) is 0. The lowest BCUT2D eigenvalue weighted by molar-refractivity contribution is 0.0472. The molecule has 0 atom stereocenters. The summed E-state index contributed by atoms with van der Waals surface area (Å²) in [6, 6.07) is 6.29. The number of aryl methyl sites for hydroxylation is 1. The quantitative estimate of drug-likeness (QED) is 0.818. The first-order valence-electron chi connectivity index (χ1n) is 7.45. The summed E-state index contributed by atoms with van der Waals surface area (Å²) < 4.78 is 6.39. The molecule has 0 fully saturated rings. The Labute approximate surface area is 142 Å². The fraction of sp³-hybridized carbons (Fsp3) is 0.588. The summed E-state index contributed by atoms with van der Waals surface area (Å²) >= 11 is 3.54. The number of ether oxygens (including phenoxy) is 1. The Morgan fingerprint density at radius 3 is 2.41 bits per heavy atom. The predicted octanol–water partition coefficient (Wildman–Crippen LogP) is 4.15. The molecule has 0 radical (unpaired) electrons. The summed E-state index contributed by atoms with van der Waals surface area (Å²) in [5.41, 5.74) is 1.55. The minimum atomic E-state index is -0.484. The van der Waals surface area contributed by atoms with Gasteiger partial charge in [-0.25, -0.2) is 4.79 Å². The third-order valence-electron chi connectivity index (χ3n) is 2.97. The first-order valence-corrected chi connectivity index (χ1v) is 8.25. The van der Waals surface area contributed by atoms with Crippen molar-refractivity contribution in [3.05, 3.63) is 33.8 Å². The smallest absolute Gasteiger partial charge is 0.408 e. The average Bonchev–Trinajstić information content (AvgIpc) is 2.30. The number of rotatable bonds is 5. The number of nitrogens with one attached hydrogen (secondary N) is 2. The molecule has 0 aliphatic heterocycles. The largest absolute Gasteiger partial charge is 0.444 e. The van der Waals surface area contributed by atoms with Crippen LogP contribution in [0, 0.1) is 6.92 Å². The van der Waals surface area contributed by atoms with Gasteiger partial charge >= 0.3 is 6.09 Å². The van der Waals surface area contributed by atoms with E-state index in [1.807, 2.05) is 34.6 Å². The van der Waals surface area contributed by atoms with Crippen LogP contribution in [0.1, 0.15) is 45.7 Å². The number of amides is 1. The fourth-order valence-electron chi connectivity index (χ4n) is 1.89. The minimum Gasteiger partial charge on any atom is -0.444 e. The van der Waals surface area contributed by atoms with E-state index in [1.165, 1.54) is 11.1 Å². The molecule has 0 spiro atoms. The Kier molecular flexibility index (Phi) is 6.44. The van der Waals surface area contributed by atoms with E-state index in [1.54, 1.807) is 0 Å². The Morgan fingerprint density at radius 1 is 1.23 bits per heavy atom. The molecular weight excluding hydrogens is 344 g/mol. The van der Waals surface area contributed by atoms with Crippen molar-refractivity contribution in [2.24, 2.45) is 0 Å². The van der Waals surface area contributed by atoms with E-state index in [0.717, 1.165) is 11.0 Å². The van der Waals surface area contributed by atoms with Gasteiger partial charge in [0.15, 0.2) is 0 Å². The van der Waals surface area contributed by atoms with Gasteiger partial charge in [0, 0.05) is 17.6 Å². The van der Waals surface area contributed by atoms with Crippen LogP contribution in [0.25, 0.3) is 0 Å². The molecule has 5 heteroatoms. The van der Waals surface area contributed by atoms with Gasteiger partial charge in [0.2, 0.25) is 0 Å². The second kappa shape index (κ2) is 7.47. The second-order valence-corrected chi connectivity index (χ2v) is 8.05. The van der Waals surface area contributed by atoms with E-state index >= 15 is 0 Å². The van der Waals surface area contributed by atoms with Gasteiger partial charge in [-0.15, -0.1) is 0 Å². The van der Waals surface area contributed by atoms with Gasteiger partial charge in [-0.3, -0.25) is 0 Å². The van der Waals surface area contributed by atoms with Crippen molar-refractivity contribution >= 4 is 22.0 Å². The number of benzene rings is 1. The van der Waals surface area contributed by atoms with Gasteiger partial charge in [0.25, 0.3) is 0 Å². The Morgan fingerprint density at radius 2 is 1.86 bits per heavy atom. The predicted molar refractivity (Wildman–Crippen MR) is 94.0 cm³/mol. The summed E-state index contributed by atoms with van der Waals surface area (Å²) in [6.45, 7) is 13.0. The molecule has 124 valence electrons. The normalized spacial score (nSPS) is 12.1. The minimum absolute atomic E-state index is 0.385. The number of carbonyl (C=O) groups excluding carboxylic acids is 1. The summed E-state index contributed by atoms with van der Waals surface area (Å²) in [6.07, 6.45) is -0.391. The van der Waals surface area contributed by atoms with E-state index in [0.29, 0.717) is 6.54 Å². The molecule has 0 unspecified atom stereocenters.